The Kier molecular flexibility index (Phi) is 3.26. The lowest BCUT2D eigenvalue weighted by atomic mass is 9.65. The molecular formula is C19H25N3O. The number of hydrogen-bond donors (Lipinski definition) is 1. The van der Waals surface area contributed by atoms with Crippen molar-refractivity contribution in [1.29, 1.82) is 0 Å². The maximum atomic E-state index is 13.2. The highest BCUT2D eigenvalue weighted by Crippen LogP contribution is 2.52. The molecular weight excluding hydrogens is 286 g/mol. The smallest absolute Gasteiger partial charge is 0.275 e. The number of para-hydroxylation sites is 1. The van der Waals surface area contributed by atoms with Crippen LogP contribution in [-0.2, 0) is 0 Å². The Morgan fingerprint density at radius 2 is 2.13 bits per heavy atom. The van der Waals surface area contributed by atoms with E-state index in [1.165, 1.54) is 12.8 Å². The van der Waals surface area contributed by atoms with Gasteiger partial charge in [-0.1, -0.05) is 45.4 Å². The molecule has 1 N–H and O–H groups in total. The van der Waals surface area contributed by atoms with Crippen LogP contribution in [0.2, 0.25) is 0 Å². The Balaban J connectivity index is 1.69. The summed E-state index contributed by atoms with van der Waals surface area (Å²) in [5, 5.41) is 8.25. The molecule has 4 nitrogen and oxygen atoms in total. The standard InChI is InChI=1S/C19H25N3O/c1-4-12-9-13-11-22(16(10-12)19(13,2)3)18(23)17-14-7-5-6-8-15(14)20-21-17/h5-8,12-13,16H,4,9-11H2,1-3H3,(H,20,21)/t12-,13+,16+/m1/s1. The topological polar surface area (TPSA) is 49.0 Å². The fourth-order valence-corrected chi connectivity index (χ4v) is 4.72. The minimum Gasteiger partial charge on any atom is -0.333 e. The first-order valence-corrected chi connectivity index (χ1v) is 8.76. The summed E-state index contributed by atoms with van der Waals surface area (Å²) < 4.78 is 0. The molecule has 122 valence electrons. The van der Waals surface area contributed by atoms with E-state index in [9.17, 15) is 4.79 Å². The maximum absolute atomic E-state index is 13.2. The summed E-state index contributed by atoms with van der Waals surface area (Å²) in [6.45, 7) is 7.83. The monoisotopic (exact) mass is 311 g/mol. The zero-order chi connectivity index (χ0) is 16.2. The first kappa shape index (κ1) is 14.7. The van der Waals surface area contributed by atoms with E-state index >= 15 is 0 Å². The number of nitrogens with zero attached hydrogens (tertiary/aromatic N) is 2. The number of carbonyl (C=O) groups excluding carboxylic acids is 1. The number of hydrogen-bond acceptors (Lipinski definition) is 2. The number of aromatic amines is 1. The molecule has 4 rings (SSSR count). The summed E-state index contributed by atoms with van der Waals surface area (Å²) in [5.74, 6) is 1.46. The predicted octanol–water partition coefficient (Wildman–Crippen LogP) is 3.85. The van der Waals surface area contributed by atoms with Gasteiger partial charge in [-0.2, -0.15) is 5.10 Å². The normalized spacial score (nSPS) is 29.2. The van der Waals surface area contributed by atoms with Crippen LogP contribution >= 0.6 is 0 Å². The van der Waals surface area contributed by atoms with Crippen LogP contribution in [-0.4, -0.2) is 33.6 Å². The molecule has 23 heavy (non-hydrogen) atoms. The van der Waals surface area contributed by atoms with Crippen LogP contribution < -0.4 is 0 Å². The van der Waals surface area contributed by atoms with Crippen molar-refractivity contribution in [2.75, 3.05) is 6.54 Å². The minimum atomic E-state index is 0.0970. The van der Waals surface area contributed by atoms with Crippen LogP contribution in [0.1, 0.15) is 50.5 Å². The Bertz CT molecular complexity index is 748. The van der Waals surface area contributed by atoms with Gasteiger partial charge in [0.15, 0.2) is 5.69 Å². The third kappa shape index (κ3) is 2.11. The molecule has 1 saturated heterocycles. The Labute approximate surface area is 137 Å². The summed E-state index contributed by atoms with van der Waals surface area (Å²) in [4.78, 5) is 15.3. The molecule has 2 heterocycles. The van der Waals surface area contributed by atoms with E-state index in [-0.39, 0.29) is 11.3 Å². The van der Waals surface area contributed by atoms with Gasteiger partial charge in [-0.05, 0) is 36.2 Å². The second-order valence-electron chi connectivity index (χ2n) is 7.86. The Morgan fingerprint density at radius 1 is 1.35 bits per heavy atom. The van der Waals surface area contributed by atoms with E-state index < -0.39 is 0 Å². The summed E-state index contributed by atoms with van der Waals surface area (Å²) in [7, 11) is 0. The zero-order valence-electron chi connectivity index (χ0n) is 14.2. The van der Waals surface area contributed by atoms with Gasteiger partial charge >= 0.3 is 0 Å². The van der Waals surface area contributed by atoms with Gasteiger partial charge in [0.25, 0.3) is 5.91 Å². The molecule has 2 bridgehead atoms. The molecule has 2 fully saturated rings. The number of aromatic nitrogens is 2. The van der Waals surface area contributed by atoms with Crippen molar-refractivity contribution in [1.82, 2.24) is 15.1 Å². The minimum absolute atomic E-state index is 0.0970. The maximum Gasteiger partial charge on any atom is 0.275 e. The molecule has 0 spiro atoms. The summed E-state index contributed by atoms with van der Waals surface area (Å²) in [6, 6.07) is 8.22. The van der Waals surface area contributed by atoms with Gasteiger partial charge in [-0.15, -0.1) is 0 Å². The second-order valence-corrected chi connectivity index (χ2v) is 7.86. The molecule has 3 atom stereocenters. The van der Waals surface area contributed by atoms with Gasteiger partial charge in [-0.3, -0.25) is 9.89 Å². The van der Waals surface area contributed by atoms with E-state index in [4.69, 9.17) is 0 Å². The average Bonchev–Trinajstić information content (AvgIpc) is 2.98. The number of fused-ring (bicyclic) bond motifs is 3. The zero-order valence-corrected chi connectivity index (χ0v) is 14.2. The molecule has 2 aliphatic rings. The molecule has 0 radical (unpaired) electrons. The fourth-order valence-electron chi connectivity index (χ4n) is 4.72. The molecule has 1 amide bonds. The largest absolute Gasteiger partial charge is 0.333 e. The van der Waals surface area contributed by atoms with Crippen molar-refractivity contribution in [3.05, 3.63) is 30.0 Å². The van der Waals surface area contributed by atoms with Crippen molar-refractivity contribution < 1.29 is 4.79 Å². The average molecular weight is 311 g/mol. The van der Waals surface area contributed by atoms with E-state index in [0.717, 1.165) is 29.8 Å². The number of amides is 1. The van der Waals surface area contributed by atoms with Crippen molar-refractivity contribution in [2.24, 2.45) is 17.3 Å². The molecule has 1 aromatic heterocycles. The predicted molar refractivity (Wildman–Crippen MR) is 91.2 cm³/mol. The SMILES string of the molecule is CC[C@@H]1C[C@H]2CN(C(=O)c3n[nH]c4ccccc34)[C@@H](C1)C2(C)C. The highest BCUT2D eigenvalue weighted by Gasteiger charge is 2.53. The molecule has 4 heteroatoms. The van der Waals surface area contributed by atoms with Crippen LogP contribution in [0.4, 0.5) is 0 Å². The third-order valence-electron chi connectivity index (χ3n) is 6.39. The number of nitrogens with one attached hydrogen (secondary N) is 1. The van der Waals surface area contributed by atoms with Crippen LogP contribution in [0.5, 0.6) is 0 Å². The number of likely N-dealkylation sites (tertiary alicyclic amines) is 1. The Hall–Kier alpha value is -1.84. The summed E-state index contributed by atoms with van der Waals surface area (Å²) >= 11 is 0. The number of carbonyl (C=O) groups is 1. The number of H-pyrrole nitrogens is 1. The van der Waals surface area contributed by atoms with Gasteiger partial charge < -0.3 is 4.90 Å². The molecule has 2 aromatic rings. The van der Waals surface area contributed by atoms with E-state index in [1.54, 1.807) is 0 Å². The van der Waals surface area contributed by atoms with Crippen molar-refractivity contribution in [3.63, 3.8) is 0 Å². The van der Waals surface area contributed by atoms with Crippen molar-refractivity contribution in [3.8, 4) is 0 Å². The fraction of sp³-hybridized carbons (Fsp3) is 0.579. The van der Waals surface area contributed by atoms with E-state index in [0.29, 0.717) is 17.7 Å². The van der Waals surface area contributed by atoms with E-state index in [1.807, 2.05) is 24.3 Å². The van der Waals surface area contributed by atoms with Gasteiger partial charge in [0, 0.05) is 18.0 Å². The van der Waals surface area contributed by atoms with Gasteiger partial charge in [0.1, 0.15) is 0 Å². The summed E-state index contributed by atoms with van der Waals surface area (Å²) in [6.07, 6.45) is 3.61. The quantitative estimate of drug-likeness (QED) is 0.916. The number of rotatable bonds is 2. The molecule has 1 aromatic carbocycles. The van der Waals surface area contributed by atoms with E-state index in [2.05, 4.69) is 35.9 Å². The van der Waals surface area contributed by atoms with Gasteiger partial charge in [-0.25, -0.2) is 0 Å². The van der Waals surface area contributed by atoms with Crippen molar-refractivity contribution in [2.45, 2.75) is 46.1 Å². The van der Waals surface area contributed by atoms with Crippen LogP contribution in [0.25, 0.3) is 10.9 Å². The number of benzene rings is 1. The highest BCUT2D eigenvalue weighted by molar-refractivity contribution is 6.04. The van der Waals surface area contributed by atoms with Gasteiger partial charge in [0.05, 0.1) is 5.52 Å². The first-order valence-electron chi connectivity index (χ1n) is 8.76. The lowest BCUT2D eigenvalue weighted by Gasteiger charge is -2.41. The van der Waals surface area contributed by atoms with Crippen LogP contribution in [0, 0.1) is 17.3 Å². The van der Waals surface area contributed by atoms with Crippen molar-refractivity contribution >= 4 is 16.8 Å². The molecule has 1 aliphatic heterocycles. The Morgan fingerprint density at radius 3 is 2.91 bits per heavy atom. The molecule has 0 unspecified atom stereocenters. The first-order chi connectivity index (χ1) is 11.0. The summed E-state index contributed by atoms with van der Waals surface area (Å²) in [5.41, 5.74) is 1.73. The lowest BCUT2D eigenvalue weighted by Crippen LogP contribution is -2.44. The second kappa shape index (κ2) is 5.08. The highest BCUT2D eigenvalue weighted by atomic mass is 16.2. The lowest BCUT2D eigenvalue weighted by molar-refractivity contribution is 0.0584. The van der Waals surface area contributed by atoms with Crippen LogP contribution in [0.3, 0.4) is 0 Å². The van der Waals surface area contributed by atoms with Gasteiger partial charge in [0.2, 0.25) is 0 Å². The van der Waals surface area contributed by atoms with Crippen LogP contribution in [0.15, 0.2) is 24.3 Å². The molecule has 1 aliphatic carbocycles. The third-order valence-corrected chi connectivity index (χ3v) is 6.39. The molecule has 1 saturated carbocycles.